The predicted molar refractivity (Wildman–Crippen MR) is 78.1 cm³/mol. The summed E-state index contributed by atoms with van der Waals surface area (Å²) in [6, 6.07) is 11.4. The van der Waals surface area contributed by atoms with Gasteiger partial charge in [0.05, 0.1) is 11.4 Å². The van der Waals surface area contributed by atoms with Crippen LogP contribution >= 0.6 is 0 Å². The van der Waals surface area contributed by atoms with Crippen molar-refractivity contribution in [1.29, 1.82) is 0 Å². The van der Waals surface area contributed by atoms with Gasteiger partial charge < -0.3 is 4.90 Å². The zero-order valence-electron chi connectivity index (χ0n) is 11.6. The zero-order chi connectivity index (χ0) is 13.8. The van der Waals surface area contributed by atoms with Crippen LogP contribution in [0.3, 0.4) is 0 Å². The Morgan fingerprint density at radius 3 is 2.37 bits per heavy atom. The van der Waals surface area contributed by atoms with Crippen molar-refractivity contribution in [1.82, 2.24) is 9.78 Å². The van der Waals surface area contributed by atoms with E-state index in [4.69, 9.17) is 0 Å². The van der Waals surface area contributed by atoms with E-state index in [0.29, 0.717) is 5.69 Å². The van der Waals surface area contributed by atoms with Crippen molar-refractivity contribution in [3.8, 4) is 5.69 Å². The maximum Gasteiger partial charge on any atom is 0.295 e. The van der Waals surface area contributed by atoms with E-state index in [2.05, 4.69) is 10.00 Å². The van der Waals surface area contributed by atoms with Crippen molar-refractivity contribution in [2.45, 2.75) is 20.8 Å². The molecular weight excluding hydrogens is 238 g/mol. The minimum atomic E-state index is -0.0690. The first-order chi connectivity index (χ1) is 9.17. The summed E-state index contributed by atoms with van der Waals surface area (Å²) < 4.78 is 1.48. The molecule has 0 bridgehead atoms. The second-order valence-corrected chi connectivity index (χ2v) is 4.40. The summed E-state index contributed by atoms with van der Waals surface area (Å²) in [4.78, 5) is 14.6. The van der Waals surface area contributed by atoms with Gasteiger partial charge >= 0.3 is 0 Å². The summed E-state index contributed by atoms with van der Waals surface area (Å²) in [5.41, 5.74) is 2.27. The second kappa shape index (κ2) is 5.69. The quantitative estimate of drug-likeness (QED) is 0.844. The van der Waals surface area contributed by atoms with Crippen LogP contribution in [0, 0.1) is 6.92 Å². The van der Waals surface area contributed by atoms with Gasteiger partial charge in [-0.15, -0.1) is 0 Å². The monoisotopic (exact) mass is 257 g/mol. The highest BCUT2D eigenvalue weighted by Crippen LogP contribution is 2.11. The van der Waals surface area contributed by atoms with Gasteiger partial charge in [-0.3, -0.25) is 4.79 Å². The van der Waals surface area contributed by atoms with Gasteiger partial charge in [0.25, 0.3) is 5.56 Å². The van der Waals surface area contributed by atoms with Crippen LogP contribution in [0.2, 0.25) is 0 Å². The molecule has 0 radical (unpaired) electrons. The standard InChI is InChI=1S/C15H19N3O/c1-4-17(5-2)14-11-12(3)16-18(15(14)19)13-9-7-6-8-10-13/h6-11H,4-5H2,1-3H3. The van der Waals surface area contributed by atoms with Gasteiger partial charge in [-0.05, 0) is 39.0 Å². The van der Waals surface area contributed by atoms with Crippen LogP contribution in [0.15, 0.2) is 41.2 Å². The van der Waals surface area contributed by atoms with E-state index in [1.165, 1.54) is 4.68 Å². The fourth-order valence-electron chi connectivity index (χ4n) is 2.14. The Kier molecular flexibility index (Phi) is 4.00. The molecule has 0 unspecified atom stereocenters. The van der Waals surface area contributed by atoms with E-state index in [9.17, 15) is 4.79 Å². The van der Waals surface area contributed by atoms with E-state index in [0.717, 1.165) is 24.5 Å². The molecule has 0 aliphatic rings. The van der Waals surface area contributed by atoms with E-state index in [-0.39, 0.29) is 5.56 Å². The van der Waals surface area contributed by atoms with Gasteiger partial charge in [0.1, 0.15) is 5.69 Å². The van der Waals surface area contributed by atoms with Gasteiger partial charge in [0, 0.05) is 13.1 Å². The molecule has 0 aliphatic heterocycles. The van der Waals surface area contributed by atoms with Crippen LogP contribution in [-0.4, -0.2) is 22.9 Å². The molecule has 2 aromatic rings. The number of aryl methyl sites for hydroxylation is 1. The number of rotatable bonds is 4. The summed E-state index contributed by atoms with van der Waals surface area (Å²) in [6.45, 7) is 7.62. The molecule has 0 fully saturated rings. The van der Waals surface area contributed by atoms with Crippen molar-refractivity contribution in [2.75, 3.05) is 18.0 Å². The fraction of sp³-hybridized carbons (Fsp3) is 0.333. The van der Waals surface area contributed by atoms with Crippen molar-refractivity contribution >= 4 is 5.69 Å². The third kappa shape index (κ3) is 2.67. The minimum absolute atomic E-state index is 0.0690. The van der Waals surface area contributed by atoms with Crippen LogP contribution in [0.1, 0.15) is 19.5 Å². The molecule has 1 heterocycles. The Bertz CT molecular complexity index is 601. The Labute approximate surface area is 113 Å². The average molecular weight is 257 g/mol. The lowest BCUT2D eigenvalue weighted by molar-refractivity contribution is 0.761. The van der Waals surface area contributed by atoms with E-state index in [1.807, 2.05) is 57.2 Å². The molecule has 0 amide bonds. The summed E-state index contributed by atoms with van der Waals surface area (Å²) >= 11 is 0. The number of nitrogens with zero attached hydrogens (tertiary/aromatic N) is 3. The molecular formula is C15H19N3O. The highest BCUT2D eigenvalue weighted by atomic mass is 16.1. The molecule has 19 heavy (non-hydrogen) atoms. The number of aromatic nitrogens is 2. The lowest BCUT2D eigenvalue weighted by Gasteiger charge is -2.21. The van der Waals surface area contributed by atoms with Crippen LogP contribution in [-0.2, 0) is 0 Å². The Hall–Kier alpha value is -2.10. The summed E-state index contributed by atoms with van der Waals surface area (Å²) in [5, 5.41) is 4.33. The Morgan fingerprint density at radius 2 is 1.79 bits per heavy atom. The number of hydrogen-bond donors (Lipinski definition) is 0. The molecule has 0 saturated carbocycles. The third-order valence-electron chi connectivity index (χ3n) is 3.12. The van der Waals surface area contributed by atoms with Crippen LogP contribution in [0.5, 0.6) is 0 Å². The topological polar surface area (TPSA) is 38.1 Å². The van der Waals surface area contributed by atoms with Crippen molar-refractivity contribution in [2.24, 2.45) is 0 Å². The van der Waals surface area contributed by atoms with E-state index >= 15 is 0 Å². The normalized spacial score (nSPS) is 10.5. The molecule has 0 atom stereocenters. The molecule has 2 rings (SSSR count). The number of benzene rings is 1. The fourth-order valence-corrected chi connectivity index (χ4v) is 2.14. The maximum absolute atomic E-state index is 12.5. The third-order valence-corrected chi connectivity index (χ3v) is 3.12. The smallest absolute Gasteiger partial charge is 0.295 e. The van der Waals surface area contributed by atoms with Gasteiger partial charge in [-0.2, -0.15) is 9.78 Å². The average Bonchev–Trinajstić information content (AvgIpc) is 2.44. The summed E-state index contributed by atoms with van der Waals surface area (Å²) in [7, 11) is 0. The lowest BCUT2D eigenvalue weighted by Crippen LogP contribution is -2.33. The van der Waals surface area contributed by atoms with Crippen molar-refractivity contribution < 1.29 is 0 Å². The molecule has 0 spiro atoms. The summed E-state index contributed by atoms with van der Waals surface area (Å²) in [5.74, 6) is 0. The summed E-state index contributed by atoms with van der Waals surface area (Å²) in [6.07, 6.45) is 0. The Balaban J connectivity index is 2.61. The van der Waals surface area contributed by atoms with Crippen molar-refractivity contribution in [3.05, 3.63) is 52.4 Å². The predicted octanol–water partition coefficient (Wildman–Crippen LogP) is 2.39. The van der Waals surface area contributed by atoms with Gasteiger partial charge in [0.2, 0.25) is 0 Å². The van der Waals surface area contributed by atoms with Gasteiger partial charge in [0.15, 0.2) is 0 Å². The molecule has 0 aliphatic carbocycles. The first-order valence-corrected chi connectivity index (χ1v) is 6.58. The largest absolute Gasteiger partial charge is 0.368 e. The highest BCUT2D eigenvalue weighted by Gasteiger charge is 2.12. The first-order valence-electron chi connectivity index (χ1n) is 6.58. The molecule has 0 saturated heterocycles. The van der Waals surface area contributed by atoms with Gasteiger partial charge in [-0.1, -0.05) is 18.2 Å². The second-order valence-electron chi connectivity index (χ2n) is 4.40. The zero-order valence-corrected chi connectivity index (χ0v) is 11.6. The Morgan fingerprint density at radius 1 is 1.16 bits per heavy atom. The SMILES string of the molecule is CCN(CC)c1cc(C)nn(-c2ccccc2)c1=O. The number of hydrogen-bond acceptors (Lipinski definition) is 3. The number of anilines is 1. The van der Waals surface area contributed by atoms with E-state index < -0.39 is 0 Å². The maximum atomic E-state index is 12.5. The van der Waals surface area contributed by atoms with E-state index in [1.54, 1.807) is 0 Å². The minimum Gasteiger partial charge on any atom is -0.368 e. The van der Waals surface area contributed by atoms with Crippen LogP contribution in [0.25, 0.3) is 5.69 Å². The molecule has 4 nitrogen and oxygen atoms in total. The van der Waals surface area contributed by atoms with Crippen molar-refractivity contribution in [3.63, 3.8) is 0 Å². The molecule has 1 aromatic carbocycles. The number of para-hydroxylation sites is 1. The highest BCUT2D eigenvalue weighted by molar-refractivity contribution is 5.46. The van der Waals surface area contributed by atoms with Crippen LogP contribution in [0.4, 0.5) is 5.69 Å². The molecule has 4 heteroatoms. The van der Waals surface area contributed by atoms with Gasteiger partial charge in [-0.25, -0.2) is 0 Å². The molecule has 1 aromatic heterocycles. The lowest BCUT2D eigenvalue weighted by atomic mass is 10.3. The molecule has 0 N–H and O–H groups in total. The molecule has 100 valence electrons. The van der Waals surface area contributed by atoms with Crippen LogP contribution < -0.4 is 10.5 Å². The first kappa shape index (κ1) is 13.3.